The number of amides is 1. The summed E-state index contributed by atoms with van der Waals surface area (Å²) in [6.07, 6.45) is 2.49. The second kappa shape index (κ2) is 11.1. The van der Waals surface area contributed by atoms with E-state index < -0.39 is 0 Å². The molecule has 0 radical (unpaired) electrons. The summed E-state index contributed by atoms with van der Waals surface area (Å²) in [5, 5.41) is 9.36. The molecule has 142 valence electrons. The van der Waals surface area contributed by atoms with Crippen molar-refractivity contribution in [1.82, 2.24) is 20.9 Å². The van der Waals surface area contributed by atoms with Crippen LogP contribution in [0.15, 0.2) is 4.99 Å². The number of guanidine groups is 1. The zero-order chi connectivity index (χ0) is 17.5. The Morgan fingerprint density at radius 1 is 1.29 bits per heavy atom. The average Bonchev–Trinajstić information content (AvgIpc) is 2.83. The number of aliphatic imine (C=N–C) groups is 1. The standard InChI is InChI=1S/C17H35N5O.HI/c1-13(2)12-22-9-7-8-14(22)10-19-16(18-6)20-11-15(23)21-17(3,4)5;/h13-14H,7-12H2,1-6H3,(H,21,23)(H2,18,19,20);1H/t14-;/m1./s1. The molecule has 24 heavy (non-hydrogen) atoms. The molecule has 1 atom stereocenters. The molecule has 0 unspecified atom stereocenters. The monoisotopic (exact) mass is 453 g/mol. The van der Waals surface area contributed by atoms with Gasteiger partial charge in [-0.15, -0.1) is 24.0 Å². The Morgan fingerprint density at radius 2 is 1.96 bits per heavy atom. The Balaban J connectivity index is 0.00000529. The van der Waals surface area contributed by atoms with Crippen molar-refractivity contribution in [3.63, 3.8) is 0 Å². The molecule has 1 heterocycles. The normalized spacial score (nSPS) is 19.1. The highest BCUT2D eigenvalue weighted by atomic mass is 127. The third kappa shape index (κ3) is 9.66. The van der Waals surface area contributed by atoms with Crippen LogP contribution in [-0.2, 0) is 4.79 Å². The number of hydrogen-bond donors (Lipinski definition) is 3. The van der Waals surface area contributed by atoms with Gasteiger partial charge in [-0.25, -0.2) is 0 Å². The smallest absolute Gasteiger partial charge is 0.239 e. The lowest BCUT2D eigenvalue weighted by Crippen LogP contribution is -2.50. The first-order valence-corrected chi connectivity index (χ1v) is 8.71. The molecule has 7 heteroatoms. The molecule has 1 saturated heterocycles. The van der Waals surface area contributed by atoms with Crippen LogP contribution in [0.4, 0.5) is 0 Å². The summed E-state index contributed by atoms with van der Waals surface area (Å²) < 4.78 is 0. The van der Waals surface area contributed by atoms with E-state index in [1.54, 1.807) is 7.05 Å². The zero-order valence-electron chi connectivity index (χ0n) is 16.1. The van der Waals surface area contributed by atoms with E-state index in [1.807, 2.05) is 20.8 Å². The van der Waals surface area contributed by atoms with Gasteiger partial charge in [-0.3, -0.25) is 14.7 Å². The minimum atomic E-state index is -0.211. The first-order valence-electron chi connectivity index (χ1n) is 8.71. The third-order valence-electron chi connectivity index (χ3n) is 3.76. The van der Waals surface area contributed by atoms with Crippen LogP contribution in [0.1, 0.15) is 47.5 Å². The molecule has 0 bridgehead atoms. The minimum absolute atomic E-state index is 0. The Kier molecular flexibility index (Phi) is 10.9. The maximum absolute atomic E-state index is 11.8. The molecule has 0 saturated carbocycles. The Bertz CT molecular complexity index is 406. The van der Waals surface area contributed by atoms with Crippen LogP contribution in [0.3, 0.4) is 0 Å². The van der Waals surface area contributed by atoms with E-state index in [1.165, 1.54) is 19.4 Å². The van der Waals surface area contributed by atoms with Gasteiger partial charge in [-0.2, -0.15) is 0 Å². The summed E-state index contributed by atoms with van der Waals surface area (Å²) >= 11 is 0. The number of nitrogens with one attached hydrogen (secondary N) is 3. The maximum atomic E-state index is 11.8. The molecule has 3 N–H and O–H groups in total. The number of carbonyl (C=O) groups excluding carboxylic acids is 1. The van der Waals surface area contributed by atoms with Crippen molar-refractivity contribution < 1.29 is 4.79 Å². The molecular weight excluding hydrogens is 417 g/mol. The van der Waals surface area contributed by atoms with Gasteiger partial charge >= 0.3 is 0 Å². The Labute approximate surface area is 164 Å². The van der Waals surface area contributed by atoms with Gasteiger partial charge in [0.1, 0.15) is 0 Å². The first kappa shape index (κ1) is 23.4. The molecule has 1 amide bonds. The summed E-state index contributed by atoms with van der Waals surface area (Å²) in [5.41, 5.74) is -0.211. The van der Waals surface area contributed by atoms with E-state index in [2.05, 4.69) is 39.7 Å². The van der Waals surface area contributed by atoms with Crippen LogP contribution in [0.2, 0.25) is 0 Å². The van der Waals surface area contributed by atoms with E-state index in [0.717, 1.165) is 13.1 Å². The highest BCUT2D eigenvalue weighted by molar-refractivity contribution is 14.0. The number of carbonyl (C=O) groups is 1. The maximum Gasteiger partial charge on any atom is 0.239 e. The number of hydrogen-bond acceptors (Lipinski definition) is 3. The number of likely N-dealkylation sites (tertiary alicyclic amines) is 1. The zero-order valence-corrected chi connectivity index (χ0v) is 18.4. The molecule has 0 aromatic carbocycles. The number of rotatable bonds is 6. The summed E-state index contributed by atoms with van der Waals surface area (Å²) in [4.78, 5) is 18.6. The quantitative estimate of drug-likeness (QED) is 0.326. The van der Waals surface area contributed by atoms with Crippen LogP contribution in [-0.4, -0.2) is 61.6 Å². The van der Waals surface area contributed by atoms with Crippen LogP contribution < -0.4 is 16.0 Å². The predicted molar refractivity (Wildman–Crippen MR) is 112 cm³/mol. The Morgan fingerprint density at radius 3 is 2.50 bits per heavy atom. The number of halogens is 1. The average molecular weight is 453 g/mol. The third-order valence-corrected chi connectivity index (χ3v) is 3.76. The lowest BCUT2D eigenvalue weighted by Gasteiger charge is -2.27. The molecule has 6 nitrogen and oxygen atoms in total. The topological polar surface area (TPSA) is 68.8 Å². The lowest BCUT2D eigenvalue weighted by molar-refractivity contribution is -0.121. The van der Waals surface area contributed by atoms with Gasteiger partial charge in [0, 0.05) is 31.7 Å². The second-order valence-corrected chi connectivity index (χ2v) is 7.79. The molecule has 1 rings (SSSR count). The molecule has 0 aromatic heterocycles. The van der Waals surface area contributed by atoms with Crippen molar-refractivity contribution in [1.29, 1.82) is 0 Å². The van der Waals surface area contributed by atoms with E-state index >= 15 is 0 Å². The fourth-order valence-corrected chi connectivity index (χ4v) is 2.90. The molecular formula is C17H36IN5O. The lowest BCUT2D eigenvalue weighted by atomic mass is 10.1. The largest absolute Gasteiger partial charge is 0.355 e. The first-order chi connectivity index (χ1) is 10.7. The van der Waals surface area contributed by atoms with Gasteiger partial charge in [0.2, 0.25) is 5.91 Å². The summed E-state index contributed by atoms with van der Waals surface area (Å²) in [6.45, 7) is 13.9. The molecule has 0 aliphatic carbocycles. The second-order valence-electron chi connectivity index (χ2n) is 7.79. The van der Waals surface area contributed by atoms with Gasteiger partial charge < -0.3 is 16.0 Å². The van der Waals surface area contributed by atoms with E-state index in [-0.39, 0.29) is 42.0 Å². The predicted octanol–water partition coefficient (Wildman–Crippen LogP) is 1.80. The molecule has 1 aliphatic heterocycles. The summed E-state index contributed by atoms with van der Waals surface area (Å²) in [5.74, 6) is 1.35. The summed E-state index contributed by atoms with van der Waals surface area (Å²) in [7, 11) is 1.73. The Hall–Kier alpha value is -0.570. The van der Waals surface area contributed by atoms with Crippen LogP contribution in [0.25, 0.3) is 0 Å². The fourth-order valence-electron chi connectivity index (χ4n) is 2.90. The SMILES string of the molecule is CN=C(NCC(=O)NC(C)(C)C)NC[C@H]1CCCN1CC(C)C.I. The van der Waals surface area contributed by atoms with Crippen molar-refractivity contribution in [2.45, 2.75) is 59.0 Å². The number of nitrogens with zero attached hydrogens (tertiary/aromatic N) is 2. The van der Waals surface area contributed by atoms with Crippen molar-refractivity contribution in [3.05, 3.63) is 0 Å². The summed E-state index contributed by atoms with van der Waals surface area (Å²) in [6, 6.07) is 0.555. The molecule has 1 fully saturated rings. The van der Waals surface area contributed by atoms with Crippen molar-refractivity contribution in [3.8, 4) is 0 Å². The van der Waals surface area contributed by atoms with Crippen LogP contribution in [0.5, 0.6) is 0 Å². The van der Waals surface area contributed by atoms with Crippen LogP contribution >= 0.6 is 24.0 Å². The molecule has 0 aromatic rings. The van der Waals surface area contributed by atoms with E-state index in [0.29, 0.717) is 17.9 Å². The van der Waals surface area contributed by atoms with Crippen molar-refractivity contribution >= 4 is 35.8 Å². The highest BCUT2D eigenvalue weighted by Gasteiger charge is 2.24. The highest BCUT2D eigenvalue weighted by Crippen LogP contribution is 2.17. The molecule has 1 aliphatic rings. The van der Waals surface area contributed by atoms with E-state index in [9.17, 15) is 4.79 Å². The van der Waals surface area contributed by atoms with Gasteiger partial charge in [0.15, 0.2) is 5.96 Å². The molecule has 0 spiro atoms. The van der Waals surface area contributed by atoms with E-state index in [4.69, 9.17) is 0 Å². The van der Waals surface area contributed by atoms with Gasteiger partial charge in [-0.1, -0.05) is 13.8 Å². The fraction of sp³-hybridized carbons (Fsp3) is 0.882. The van der Waals surface area contributed by atoms with Crippen LogP contribution in [0, 0.1) is 5.92 Å². The van der Waals surface area contributed by atoms with Gasteiger partial charge in [-0.05, 0) is 46.1 Å². The van der Waals surface area contributed by atoms with Gasteiger partial charge in [0.05, 0.1) is 6.54 Å². The minimum Gasteiger partial charge on any atom is -0.355 e. The van der Waals surface area contributed by atoms with Gasteiger partial charge in [0.25, 0.3) is 0 Å². The van der Waals surface area contributed by atoms with Crippen molar-refractivity contribution in [2.75, 3.05) is 33.2 Å². The van der Waals surface area contributed by atoms with Crippen molar-refractivity contribution in [2.24, 2.45) is 10.9 Å².